The van der Waals surface area contributed by atoms with Crippen LogP contribution in [0.2, 0.25) is 0 Å². The minimum absolute atomic E-state index is 0.0194. The fraction of sp³-hybridized carbons (Fsp3) is 0.346. The zero-order chi connectivity index (χ0) is 23.3. The summed E-state index contributed by atoms with van der Waals surface area (Å²) in [5, 5.41) is 8.83. The van der Waals surface area contributed by atoms with Crippen LogP contribution in [-0.2, 0) is 16.0 Å². The Morgan fingerprint density at radius 1 is 1.24 bits per heavy atom. The van der Waals surface area contributed by atoms with Crippen LogP contribution in [0.5, 0.6) is 0 Å². The molecule has 1 saturated heterocycles. The molecule has 2 heterocycles. The lowest BCUT2D eigenvalue weighted by atomic mass is 9.83. The molecular formula is C26H24F3NO3. The molecule has 1 aliphatic carbocycles. The molecular weight excluding hydrogens is 431 g/mol. The molecule has 2 aromatic rings. The number of nitrogens with zero attached hydrogens (tertiary/aromatic N) is 1. The van der Waals surface area contributed by atoms with Gasteiger partial charge in [0.05, 0.1) is 19.3 Å². The van der Waals surface area contributed by atoms with Crippen LogP contribution in [0.4, 0.5) is 13.2 Å². The van der Waals surface area contributed by atoms with Crippen molar-refractivity contribution in [1.82, 2.24) is 4.90 Å². The number of aliphatic carboxylic acids is 1. The molecule has 0 amide bonds. The van der Waals surface area contributed by atoms with Gasteiger partial charge < -0.3 is 9.84 Å². The molecule has 1 N–H and O–H groups in total. The lowest BCUT2D eigenvalue weighted by Gasteiger charge is -2.47. The third-order valence-corrected chi connectivity index (χ3v) is 6.82. The van der Waals surface area contributed by atoms with Gasteiger partial charge in [0.1, 0.15) is 11.6 Å². The van der Waals surface area contributed by atoms with Crippen LogP contribution in [0.1, 0.15) is 41.6 Å². The van der Waals surface area contributed by atoms with E-state index in [1.54, 1.807) is 0 Å². The number of hydrogen-bond acceptors (Lipinski definition) is 3. The molecule has 7 heteroatoms. The molecule has 33 heavy (non-hydrogen) atoms. The Hall–Kier alpha value is -2.90. The van der Waals surface area contributed by atoms with Crippen molar-refractivity contribution in [3.63, 3.8) is 0 Å². The first-order valence-electron chi connectivity index (χ1n) is 11.0. The van der Waals surface area contributed by atoms with E-state index >= 15 is 13.2 Å². The van der Waals surface area contributed by atoms with Crippen molar-refractivity contribution in [2.45, 2.75) is 37.5 Å². The predicted molar refractivity (Wildman–Crippen MR) is 118 cm³/mol. The Kier molecular flexibility index (Phi) is 5.41. The monoisotopic (exact) mass is 455 g/mol. The zero-order valence-electron chi connectivity index (χ0n) is 18.2. The fourth-order valence-electron chi connectivity index (χ4n) is 5.28. The van der Waals surface area contributed by atoms with Crippen molar-refractivity contribution in [3.05, 3.63) is 81.9 Å². The standard InChI is InChI=1S/C26H24F3NO3/c1-15-8-19-18-5-3-2-4-17(18)11-20(19)25(30(15)12-26(29)13-33-14-26)24-21(27)9-16(10-22(24)28)6-7-23(31)32/h2-7,9-10,15,25H,8,11-14H2,1H3,(H,31,32)/b7-6+. The molecule has 0 radical (unpaired) electrons. The third kappa shape index (κ3) is 3.89. The van der Waals surface area contributed by atoms with Crippen molar-refractivity contribution in [3.8, 4) is 0 Å². The van der Waals surface area contributed by atoms with E-state index in [0.717, 1.165) is 46.6 Å². The number of benzene rings is 2. The average molecular weight is 455 g/mol. The minimum atomic E-state index is -1.55. The van der Waals surface area contributed by atoms with E-state index in [4.69, 9.17) is 9.84 Å². The van der Waals surface area contributed by atoms with Crippen molar-refractivity contribution in [2.75, 3.05) is 19.8 Å². The largest absolute Gasteiger partial charge is 0.478 e. The van der Waals surface area contributed by atoms with E-state index in [2.05, 4.69) is 0 Å². The molecule has 5 rings (SSSR count). The molecule has 4 nitrogen and oxygen atoms in total. The first kappa shape index (κ1) is 21.9. The molecule has 0 bridgehead atoms. The number of carbonyl (C=O) groups is 1. The van der Waals surface area contributed by atoms with Gasteiger partial charge in [0.2, 0.25) is 0 Å². The first-order chi connectivity index (χ1) is 15.8. The van der Waals surface area contributed by atoms with Crippen LogP contribution < -0.4 is 0 Å². The number of ether oxygens (including phenoxy) is 1. The van der Waals surface area contributed by atoms with Gasteiger partial charge in [-0.2, -0.15) is 0 Å². The van der Waals surface area contributed by atoms with Crippen LogP contribution in [0, 0.1) is 11.6 Å². The highest BCUT2D eigenvalue weighted by atomic mass is 19.1. The summed E-state index contributed by atoms with van der Waals surface area (Å²) in [6.07, 6.45) is 3.20. The molecule has 0 spiro atoms. The van der Waals surface area contributed by atoms with E-state index in [-0.39, 0.29) is 36.9 Å². The van der Waals surface area contributed by atoms with Crippen molar-refractivity contribution in [2.24, 2.45) is 0 Å². The summed E-state index contributed by atoms with van der Waals surface area (Å²) in [5.41, 5.74) is 2.60. The van der Waals surface area contributed by atoms with Crippen LogP contribution in [-0.4, -0.2) is 47.4 Å². The van der Waals surface area contributed by atoms with Gasteiger partial charge in [-0.3, -0.25) is 4.90 Å². The molecule has 2 aromatic carbocycles. The molecule has 0 aromatic heterocycles. The topological polar surface area (TPSA) is 49.8 Å². The van der Waals surface area contributed by atoms with Crippen molar-refractivity contribution < 1.29 is 27.8 Å². The second-order valence-electron chi connectivity index (χ2n) is 9.18. The number of alkyl halides is 1. The van der Waals surface area contributed by atoms with Gasteiger partial charge in [0.15, 0.2) is 5.67 Å². The summed E-state index contributed by atoms with van der Waals surface area (Å²) >= 11 is 0. The van der Waals surface area contributed by atoms with Gasteiger partial charge in [-0.15, -0.1) is 0 Å². The maximum Gasteiger partial charge on any atom is 0.328 e. The van der Waals surface area contributed by atoms with Gasteiger partial charge >= 0.3 is 5.97 Å². The Balaban J connectivity index is 1.62. The summed E-state index contributed by atoms with van der Waals surface area (Å²) in [4.78, 5) is 12.7. The molecule has 1 fully saturated rings. The van der Waals surface area contributed by atoms with Gasteiger partial charge in [-0.05, 0) is 65.8 Å². The first-order valence-corrected chi connectivity index (χ1v) is 11.0. The molecule has 2 atom stereocenters. The van der Waals surface area contributed by atoms with Gasteiger partial charge in [0, 0.05) is 24.2 Å². The Morgan fingerprint density at radius 3 is 2.58 bits per heavy atom. The third-order valence-electron chi connectivity index (χ3n) is 6.82. The normalized spacial score (nSPS) is 24.0. The van der Waals surface area contributed by atoms with Gasteiger partial charge in [-0.25, -0.2) is 18.0 Å². The predicted octanol–water partition coefficient (Wildman–Crippen LogP) is 4.95. The van der Waals surface area contributed by atoms with Crippen LogP contribution >= 0.6 is 0 Å². The summed E-state index contributed by atoms with van der Waals surface area (Å²) in [6.45, 7) is 1.92. The van der Waals surface area contributed by atoms with Gasteiger partial charge in [-0.1, -0.05) is 24.3 Å². The lowest BCUT2D eigenvalue weighted by molar-refractivity contribution is -0.147. The van der Waals surface area contributed by atoms with E-state index < -0.39 is 29.3 Å². The molecule has 172 valence electrons. The summed E-state index contributed by atoms with van der Waals surface area (Å²) < 4.78 is 51.1. The Labute approximate surface area is 190 Å². The highest BCUT2D eigenvalue weighted by molar-refractivity contribution is 5.85. The van der Waals surface area contributed by atoms with Crippen molar-refractivity contribution in [1.29, 1.82) is 0 Å². The maximum absolute atomic E-state index is 15.4. The van der Waals surface area contributed by atoms with Crippen LogP contribution in [0.25, 0.3) is 11.6 Å². The highest BCUT2D eigenvalue weighted by Gasteiger charge is 2.47. The number of hydrogen-bond donors (Lipinski definition) is 1. The molecule has 3 aliphatic rings. The maximum atomic E-state index is 15.4. The summed E-state index contributed by atoms with van der Waals surface area (Å²) in [6, 6.07) is 9.31. The van der Waals surface area contributed by atoms with Crippen molar-refractivity contribution >= 4 is 17.6 Å². The molecule has 2 aliphatic heterocycles. The average Bonchev–Trinajstić information content (AvgIpc) is 3.10. The second-order valence-corrected chi connectivity index (χ2v) is 9.18. The Morgan fingerprint density at radius 2 is 1.94 bits per heavy atom. The molecule has 0 saturated carbocycles. The van der Waals surface area contributed by atoms with E-state index in [1.165, 1.54) is 0 Å². The lowest BCUT2D eigenvalue weighted by Crippen LogP contribution is -2.57. The molecule has 2 unspecified atom stereocenters. The van der Waals surface area contributed by atoms with E-state index in [0.29, 0.717) is 12.8 Å². The second kappa shape index (κ2) is 8.15. The summed E-state index contributed by atoms with van der Waals surface area (Å²) in [7, 11) is 0. The SMILES string of the molecule is CC1CC2=C(Cc3ccccc32)C(c2c(F)cc(/C=C/C(=O)O)cc2F)N1CC1(F)COC1. The van der Waals surface area contributed by atoms with Crippen LogP contribution in [0.3, 0.4) is 0 Å². The fourth-order valence-corrected chi connectivity index (χ4v) is 5.28. The van der Waals surface area contributed by atoms with E-state index in [9.17, 15) is 4.79 Å². The number of carboxylic acids is 1. The van der Waals surface area contributed by atoms with E-state index in [1.807, 2.05) is 36.1 Å². The summed E-state index contributed by atoms with van der Waals surface area (Å²) in [5.74, 6) is -2.75. The Bertz CT molecular complexity index is 1160. The van der Waals surface area contributed by atoms with Gasteiger partial charge in [0.25, 0.3) is 0 Å². The number of halogens is 3. The minimum Gasteiger partial charge on any atom is -0.478 e. The number of fused-ring (bicyclic) bond motifs is 2. The number of carboxylic acid groups (broad SMARTS) is 1. The smallest absolute Gasteiger partial charge is 0.328 e. The quantitative estimate of drug-likeness (QED) is 0.649. The highest BCUT2D eigenvalue weighted by Crippen LogP contribution is 2.50. The number of rotatable bonds is 5. The van der Waals surface area contributed by atoms with Crippen LogP contribution in [0.15, 0.2) is 48.0 Å². The zero-order valence-corrected chi connectivity index (χ0v) is 18.2.